The van der Waals surface area contributed by atoms with Crippen LogP contribution in [0.25, 0.3) is 0 Å². The average molecular weight is 177 g/mol. The summed E-state index contributed by atoms with van der Waals surface area (Å²) in [5.74, 6) is 0. The summed E-state index contributed by atoms with van der Waals surface area (Å²) < 4.78 is 0. The normalized spacial score (nSPS) is 12.5. The zero-order valence-corrected chi connectivity index (χ0v) is 7.96. The molecule has 1 rings (SSSR count). The highest BCUT2D eigenvalue weighted by Gasteiger charge is 2.10. The molecule has 1 aromatic carbocycles. The van der Waals surface area contributed by atoms with Crippen molar-refractivity contribution in [1.82, 2.24) is 0 Å². The zero-order valence-electron chi connectivity index (χ0n) is 7.96. The van der Waals surface area contributed by atoms with Crippen molar-refractivity contribution in [1.29, 1.82) is 5.41 Å². The lowest BCUT2D eigenvalue weighted by molar-refractivity contribution is 0.809. The highest BCUT2D eigenvalue weighted by atomic mass is 14.6. The second kappa shape index (κ2) is 3.58. The van der Waals surface area contributed by atoms with Crippen LogP contribution in [0, 0.1) is 12.3 Å². The van der Waals surface area contributed by atoms with Crippen LogP contribution in [0.5, 0.6) is 0 Å². The van der Waals surface area contributed by atoms with E-state index < -0.39 is 0 Å². The maximum atomic E-state index is 7.25. The molecule has 3 heteroatoms. The van der Waals surface area contributed by atoms with E-state index in [-0.39, 0.29) is 6.04 Å². The Morgan fingerprint density at radius 2 is 2.08 bits per heavy atom. The van der Waals surface area contributed by atoms with Crippen LogP contribution in [0.15, 0.2) is 12.1 Å². The van der Waals surface area contributed by atoms with Gasteiger partial charge in [-0.25, -0.2) is 0 Å². The molecule has 3 nitrogen and oxygen atoms in total. The molecule has 0 aliphatic heterocycles. The first kappa shape index (κ1) is 9.74. The van der Waals surface area contributed by atoms with Crippen molar-refractivity contribution in [2.75, 3.05) is 5.73 Å². The molecule has 0 bridgehead atoms. The first-order valence-corrected chi connectivity index (χ1v) is 4.23. The summed E-state index contributed by atoms with van der Waals surface area (Å²) >= 11 is 0. The van der Waals surface area contributed by atoms with Gasteiger partial charge in [0.05, 0.1) is 0 Å². The number of benzene rings is 1. The number of hydrogen-bond donors (Lipinski definition) is 3. The number of nitrogens with two attached hydrogens (primary N) is 2. The van der Waals surface area contributed by atoms with Crippen LogP contribution in [0.1, 0.15) is 29.7 Å². The lowest BCUT2D eigenvalue weighted by atomic mass is 9.96. The molecule has 0 heterocycles. The molecule has 1 aromatic rings. The quantitative estimate of drug-likeness (QED) is 0.474. The van der Waals surface area contributed by atoms with Crippen LogP contribution >= 0.6 is 0 Å². The van der Waals surface area contributed by atoms with Crippen molar-refractivity contribution in [2.24, 2.45) is 5.73 Å². The van der Waals surface area contributed by atoms with E-state index in [2.05, 4.69) is 0 Å². The van der Waals surface area contributed by atoms with Gasteiger partial charge in [-0.05, 0) is 31.0 Å². The Labute approximate surface area is 78.3 Å². The van der Waals surface area contributed by atoms with E-state index in [9.17, 15) is 0 Å². The van der Waals surface area contributed by atoms with Crippen molar-refractivity contribution in [2.45, 2.75) is 19.9 Å². The summed E-state index contributed by atoms with van der Waals surface area (Å²) in [6.45, 7) is 3.87. The summed E-state index contributed by atoms with van der Waals surface area (Å²) in [6, 6.07) is 3.66. The van der Waals surface area contributed by atoms with E-state index in [1.54, 1.807) is 0 Å². The molecule has 0 radical (unpaired) electrons. The molecule has 1 atom stereocenters. The van der Waals surface area contributed by atoms with Crippen LogP contribution in [0.2, 0.25) is 0 Å². The summed E-state index contributed by atoms with van der Waals surface area (Å²) in [5, 5.41) is 7.25. The molecule has 0 aromatic heterocycles. The summed E-state index contributed by atoms with van der Waals surface area (Å²) in [6.07, 6.45) is 1.26. The van der Waals surface area contributed by atoms with Crippen LogP contribution in [0.3, 0.4) is 0 Å². The summed E-state index contributed by atoms with van der Waals surface area (Å²) in [4.78, 5) is 0. The third kappa shape index (κ3) is 1.70. The van der Waals surface area contributed by atoms with Gasteiger partial charge in [-0.2, -0.15) is 0 Å². The third-order valence-electron chi connectivity index (χ3n) is 2.14. The minimum Gasteiger partial charge on any atom is -0.398 e. The summed E-state index contributed by atoms with van der Waals surface area (Å²) in [5.41, 5.74) is 14.9. The fraction of sp³-hybridized carbons (Fsp3) is 0.300. The van der Waals surface area contributed by atoms with Gasteiger partial charge in [0.25, 0.3) is 0 Å². The predicted molar refractivity (Wildman–Crippen MR) is 56.1 cm³/mol. The van der Waals surface area contributed by atoms with Crippen LogP contribution < -0.4 is 11.5 Å². The van der Waals surface area contributed by atoms with Crippen molar-refractivity contribution in [3.63, 3.8) is 0 Å². The fourth-order valence-corrected chi connectivity index (χ4v) is 1.53. The van der Waals surface area contributed by atoms with Crippen molar-refractivity contribution < 1.29 is 0 Å². The molecule has 0 amide bonds. The molecular formula is C10H15N3. The lowest BCUT2D eigenvalue weighted by Crippen LogP contribution is -2.11. The minimum atomic E-state index is -0.0832. The Hall–Kier alpha value is -1.35. The molecule has 0 spiro atoms. The Bertz CT molecular complexity index is 329. The van der Waals surface area contributed by atoms with Gasteiger partial charge in [0.1, 0.15) is 0 Å². The maximum absolute atomic E-state index is 7.25. The molecule has 1 unspecified atom stereocenters. The zero-order chi connectivity index (χ0) is 10.0. The molecule has 13 heavy (non-hydrogen) atoms. The highest BCUT2D eigenvalue weighted by Crippen LogP contribution is 2.23. The number of rotatable bonds is 2. The van der Waals surface area contributed by atoms with Gasteiger partial charge in [-0.1, -0.05) is 6.07 Å². The van der Waals surface area contributed by atoms with Crippen molar-refractivity contribution in [3.05, 3.63) is 28.8 Å². The largest absolute Gasteiger partial charge is 0.398 e. The van der Waals surface area contributed by atoms with Crippen LogP contribution in [-0.4, -0.2) is 6.21 Å². The van der Waals surface area contributed by atoms with E-state index in [1.807, 2.05) is 26.0 Å². The molecule has 5 N–H and O–H groups in total. The number of anilines is 1. The minimum absolute atomic E-state index is 0.0832. The highest BCUT2D eigenvalue weighted by molar-refractivity contribution is 5.87. The van der Waals surface area contributed by atoms with Crippen molar-refractivity contribution in [3.8, 4) is 0 Å². The second-order valence-corrected chi connectivity index (χ2v) is 3.23. The topological polar surface area (TPSA) is 75.9 Å². The van der Waals surface area contributed by atoms with E-state index in [1.165, 1.54) is 6.21 Å². The van der Waals surface area contributed by atoms with Gasteiger partial charge in [0.15, 0.2) is 0 Å². The van der Waals surface area contributed by atoms with Gasteiger partial charge in [0, 0.05) is 23.5 Å². The predicted octanol–water partition coefficient (Wildman–Crippen LogP) is 1.59. The van der Waals surface area contributed by atoms with E-state index in [0.29, 0.717) is 5.69 Å². The summed E-state index contributed by atoms with van der Waals surface area (Å²) in [7, 11) is 0. The first-order chi connectivity index (χ1) is 6.07. The van der Waals surface area contributed by atoms with Crippen LogP contribution in [-0.2, 0) is 0 Å². The molecule has 0 aliphatic carbocycles. The van der Waals surface area contributed by atoms with Gasteiger partial charge in [-0.3, -0.25) is 0 Å². The van der Waals surface area contributed by atoms with E-state index >= 15 is 0 Å². The molecule has 0 saturated heterocycles. The molecule has 70 valence electrons. The SMILES string of the molecule is Cc1ccc(N)c(C=N)c1C(C)N. The Morgan fingerprint density at radius 3 is 2.46 bits per heavy atom. The van der Waals surface area contributed by atoms with E-state index in [4.69, 9.17) is 16.9 Å². The smallest absolute Gasteiger partial charge is 0.0406 e. The average Bonchev–Trinajstić information content (AvgIpc) is 2.07. The Balaban J connectivity index is 3.43. The van der Waals surface area contributed by atoms with Crippen LogP contribution in [0.4, 0.5) is 5.69 Å². The van der Waals surface area contributed by atoms with E-state index in [0.717, 1.165) is 16.7 Å². The molecule has 0 fully saturated rings. The standard InChI is InChI=1S/C10H15N3/c1-6-3-4-9(13)8(5-11)10(6)7(2)12/h3-5,7,11H,12-13H2,1-2H3. The number of hydrogen-bond acceptors (Lipinski definition) is 3. The van der Waals surface area contributed by atoms with Crippen molar-refractivity contribution >= 4 is 11.9 Å². The second-order valence-electron chi connectivity index (χ2n) is 3.23. The number of nitrogen functional groups attached to an aromatic ring is 1. The van der Waals surface area contributed by atoms with Gasteiger partial charge in [0.2, 0.25) is 0 Å². The first-order valence-electron chi connectivity index (χ1n) is 4.23. The van der Waals surface area contributed by atoms with Gasteiger partial charge < -0.3 is 16.9 Å². The number of aryl methyl sites for hydroxylation is 1. The molecule has 0 aliphatic rings. The lowest BCUT2D eigenvalue weighted by Gasteiger charge is -2.14. The molecular weight excluding hydrogens is 162 g/mol. The Morgan fingerprint density at radius 1 is 1.46 bits per heavy atom. The third-order valence-corrected chi connectivity index (χ3v) is 2.14. The Kier molecular flexibility index (Phi) is 2.68. The number of nitrogens with one attached hydrogen (secondary N) is 1. The maximum Gasteiger partial charge on any atom is 0.0406 e. The fourth-order valence-electron chi connectivity index (χ4n) is 1.53. The monoisotopic (exact) mass is 177 g/mol. The van der Waals surface area contributed by atoms with Gasteiger partial charge in [-0.15, -0.1) is 0 Å². The molecule has 0 saturated carbocycles. The van der Waals surface area contributed by atoms with Gasteiger partial charge >= 0.3 is 0 Å².